The molecule has 0 saturated carbocycles. The molecular formula is C49H32N12. The van der Waals surface area contributed by atoms with Crippen molar-refractivity contribution in [1.82, 2.24) is 39.9 Å². The van der Waals surface area contributed by atoms with E-state index in [9.17, 15) is 0 Å². The van der Waals surface area contributed by atoms with Crippen molar-refractivity contribution >= 4 is 110 Å². The Hall–Kier alpha value is -8.64. The summed E-state index contributed by atoms with van der Waals surface area (Å²) in [5, 5.41) is 23.2. The topological polar surface area (TPSA) is 151 Å². The molecule has 0 aliphatic rings. The van der Waals surface area contributed by atoms with Crippen LogP contribution in [0.4, 0.5) is 22.7 Å². The monoisotopic (exact) mass is 788 g/mol. The van der Waals surface area contributed by atoms with Gasteiger partial charge in [-0.2, -0.15) is 0 Å². The molecule has 12 rings (SSSR count). The zero-order valence-corrected chi connectivity index (χ0v) is 32.2. The van der Waals surface area contributed by atoms with E-state index >= 15 is 0 Å². The van der Waals surface area contributed by atoms with E-state index in [1.165, 1.54) is 0 Å². The van der Waals surface area contributed by atoms with Crippen LogP contribution in [0.3, 0.4) is 0 Å². The van der Waals surface area contributed by atoms with Crippen molar-refractivity contribution in [3.8, 4) is 0 Å². The quantitative estimate of drug-likeness (QED) is 0.0857. The normalized spacial score (nSPS) is 11.9. The zero-order valence-electron chi connectivity index (χ0n) is 32.2. The van der Waals surface area contributed by atoms with E-state index in [0.717, 1.165) is 110 Å². The Labute approximate surface area is 346 Å². The second kappa shape index (κ2) is 13.7. The third kappa shape index (κ3) is 5.76. The molecule has 288 valence electrons. The number of benzene rings is 4. The average molecular weight is 789 g/mol. The van der Waals surface area contributed by atoms with E-state index in [1.807, 2.05) is 48.5 Å². The predicted octanol–water partition coefficient (Wildman–Crippen LogP) is 10.4. The molecule has 0 atom stereocenters. The number of nitrogens with zero attached hydrogens (tertiary/aromatic N) is 8. The fourth-order valence-corrected chi connectivity index (χ4v) is 8.52. The Morgan fingerprint density at radius 3 is 0.721 bits per heavy atom. The average Bonchev–Trinajstić information content (AvgIpc) is 3.32. The molecule has 0 spiro atoms. The van der Waals surface area contributed by atoms with Gasteiger partial charge in [-0.25, -0.2) is 0 Å². The van der Waals surface area contributed by atoms with Gasteiger partial charge in [0.15, 0.2) is 0 Å². The SMILES string of the molecule is c1cnc2c(c1)cc(NC(Nc1cc3cccnc3c3ncccc13)(Nc1cc3cccnc3c3ncccc13)Nc1cc3cccnc3c3ncccc13)c1cccnc12. The maximum absolute atomic E-state index is 4.87. The van der Waals surface area contributed by atoms with Crippen LogP contribution >= 0.6 is 0 Å². The highest BCUT2D eigenvalue weighted by Crippen LogP contribution is 2.39. The van der Waals surface area contributed by atoms with Crippen LogP contribution in [-0.2, 0) is 0 Å². The van der Waals surface area contributed by atoms with Crippen molar-refractivity contribution in [2.45, 2.75) is 5.91 Å². The summed E-state index contributed by atoms with van der Waals surface area (Å²) in [4.78, 5) is 38.5. The minimum Gasteiger partial charge on any atom is -0.327 e. The second-order valence-electron chi connectivity index (χ2n) is 14.8. The number of aromatic nitrogens is 8. The molecule has 12 nitrogen and oxygen atoms in total. The zero-order chi connectivity index (χ0) is 40.3. The van der Waals surface area contributed by atoms with E-state index < -0.39 is 5.91 Å². The van der Waals surface area contributed by atoms with Gasteiger partial charge in [0.2, 0.25) is 0 Å². The number of pyridine rings is 8. The van der Waals surface area contributed by atoms with Crippen LogP contribution in [0.2, 0.25) is 0 Å². The maximum Gasteiger partial charge on any atom is 0.268 e. The first-order valence-electron chi connectivity index (χ1n) is 19.8. The molecule has 0 fully saturated rings. The van der Waals surface area contributed by atoms with E-state index in [0.29, 0.717) is 0 Å². The fraction of sp³-hybridized carbons (Fsp3) is 0.0204. The molecule has 0 amide bonds. The lowest BCUT2D eigenvalue weighted by atomic mass is 10.1. The Morgan fingerprint density at radius 1 is 0.262 bits per heavy atom. The molecular weight excluding hydrogens is 757 g/mol. The van der Waals surface area contributed by atoms with E-state index in [4.69, 9.17) is 39.9 Å². The highest BCUT2D eigenvalue weighted by molar-refractivity contribution is 6.13. The number of fused-ring (bicyclic) bond motifs is 12. The Kier molecular flexibility index (Phi) is 7.75. The lowest BCUT2D eigenvalue weighted by Gasteiger charge is -2.41. The number of anilines is 4. The molecule has 4 N–H and O–H groups in total. The molecule has 0 radical (unpaired) electrons. The van der Waals surface area contributed by atoms with Gasteiger partial charge in [0.25, 0.3) is 5.91 Å². The van der Waals surface area contributed by atoms with Crippen molar-refractivity contribution in [3.63, 3.8) is 0 Å². The van der Waals surface area contributed by atoms with Crippen LogP contribution in [0.1, 0.15) is 0 Å². The summed E-state index contributed by atoms with van der Waals surface area (Å²) in [6, 6.07) is 40.5. The highest BCUT2D eigenvalue weighted by Gasteiger charge is 2.34. The smallest absolute Gasteiger partial charge is 0.268 e. The second-order valence-corrected chi connectivity index (χ2v) is 14.8. The molecule has 0 aliphatic carbocycles. The van der Waals surface area contributed by atoms with Gasteiger partial charge in [-0.15, -0.1) is 0 Å². The van der Waals surface area contributed by atoms with Gasteiger partial charge in [-0.05, 0) is 97.1 Å². The molecule has 0 saturated heterocycles. The number of hydrogen-bond acceptors (Lipinski definition) is 12. The van der Waals surface area contributed by atoms with Gasteiger partial charge in [0.05, 0.1) is 44.1 Å². The summed E-state index contributed by atoms with van der Waals surface area (Å²) in [6.07, 6.45) is 14.4. The molecule has 8 heterocycles. The third-order valence-electron chi connectivity index (χ3n) is 11.1. The van der Waals surface area contributed by atoms with Crippen LogP contribution in [-0.4, -0.2) is 45.8 Å². The van der Waals surface area contributed by atoms with Crippen LogP contribution < -0.4 is 21.3 Å². The lowest BCUT2D eigenvalue weighted by molar-refractivity contribution is 0.693. The Balaban J connectivity index is 1.18. The van der Waals surface area contributed by atoms with Gasteiger partial charge in [-0.3, -0.25) is 39.9 Å². The molecule has 12 heteroatoms. The van der Waals surface area contributed by atoms with Crippen molar-refractivity contribution in [2.24, 2.45) is 0 Å². The summed E-state index contributed by atoms with van der Waals surface area (Å²) in [6.45, 7) is 0. The largest absolute Gasteiger partial charge is 0.327 e. The summed E-state index contributed by atoms with van der Waals surface area (Å²) in [5.74, 6) is -1.45. The standard InChI is InChI=1S/C49H32N12/c1-9-29-25-37(33-13-5-21-54-45(33)41(29)50-17-1)58-49(59-38-26-30-10-2-18-51-42(30)46-34(38)14-6-22-55-46,60-39-27-31-11-3-19-52-43(31)47-35(39)15-7-23-56-47)61-40-28-32-12-4-20-53-44(32)48-36(40)16-8-24-57-48/h1-28,58-61H. The van der Waals surface area contributed by atoms with E-state index in [2.05, 4.69) is 94.1 Å². The van der Waals surface area contributed by atoms with Crippen molar-refractivity contribution < 1.29 is 0 Å². The van der Waals surface area contributed by atoms with Gasteiger partial charge in [0.1, 0.15) is 0 Å². The molecule has 0 bridgehead atoms. The predicted molar refractivity (Wildman–Crippen MR) is 245 cm³/mol. The molecule has 0 aliphatic heterocycles. The third-order valence-corrected chi connectivity index (χ3v) is 11.1. The summed E-state index contributed by atoms with van der Waals surface area (Å²) < 4.78 is 0. The summed E-state index contributed by atoms with van der Waals surface area (Å²) in [7, 11) is 0. The maximum atomic E-state index is 4.87. The van der Waals surface area contributed by atoms with E-state index in [1.54, 1.807) is 49.6 Å². The van der Waals surface area contributed by atoms with Crippen LogP contribution in [0.15, 0.2) is 171 Å². The molecule has 0 unspecified atom stereocenters. The first-order valence-corrected chi connectivity index (χ1v) is 19.8. The van der Waals surface area contributed by atoms with Crippen molar-refractivity contribution in [2.75, 3.05) is 21.3 Å². The van der Waals surface area contributed by atoms with Gasteiger partial charge >= 0.3 is 0 Å². The Bertz CT molecular complexity index is 3220. The van der Waals surface area contributed by atoms with Crippen LogP contribution in [0, 0.1) is 0 Å². The molecule has 4 aromatic carbocycles. The van der Waals surface area contributed by atoms with Crippen molar-refractivity contribution in [1.29, 1.82) is 0 Å². The first-order chi connectivity index (χ1) is 30.2. The van der Waals surface area contributed by atoms with Crippen molar-refractivity contribution in [3.05, 3.63) is 171 Å². The van der Waals surface area contributed by atoms with Gasteiger partial charge in [-0.1, -0.05) is 24.3 Å². The van der Waals surface area contributed by atoms with Crippen LogP contribution in [0.5, 0.6) is 0 Å². The number of hydrogen-bond donors (Lipinski definition) is 4. The van der Waals surface area contributed by atoms with Crippen LogP contribution in [0.25, 0.3) is 87.2 Å². The summed E-state index contributed by atoms with van der Waals surface area (Å²) in [5.41, 5.74) is 9.44. The first kappa shape index (κ1) is 34.4. The van der Waals surface area contributed by atoms with Gasteiger partial charge in [0, 0.05) is 115 Å². The minimum atomic E-state index is -1.45. The Morgan fingerprint density at radius 2 is 0.475 bits per heavy atom. The summed E-state index contributed by atoms with van der Waals surface area (Å²) >= 11 is 0. The fourth-order valence-electron chi connectivity index (χ4n) is 8.52. The molecule has 61 heavy (non-hydrogen) atoms. The number of rotatable bonds is 8. The molecule has 12 aromatic rings. The molecule has 8 aromatic heterocycles. The number of nitrogens with one attached hydrogen (secondary N) is 4. The van der Waals surface area contributed by atoms with E-state index in [-0.39, 0.29) is 0 Å². The highest BCUT2D eigenvalue weighted by atomic mass is 15.5. The lowest BCUT2D eigenvalue weighted by Crippen LogP contribution is -2.59. The minimum absolute atomic E-state index is 0.765. The van der Waals surface area contributed by atoms with Gasteiger partial charge < -0.3 is 21.3 Å².